The summed E-state index contributed by atoms with van der Waals surface area (Å²) in [6, 6.07) is 8.65. The standard InChI is InChI=1S/C20H28N4O/c1-12-8-6-7-9-16(12)18-11-19(18)22-20(25)21-13(2)10-17-14(3)23-24(5)15(17)4/h6-9,13,18-19H,10-11H2,1-5H3,(H2,21,22,25)/t13-,18-,19+/m0/s1. The molecule has 0 radical (unpaired) electrons. The molecule has 1 aromatic carbocycles. The number of hydrogen-bond donors (Lipinski definition) is 2. The van der Waals surface area contributed by atoms with Crippen LogP contribution in [0.3, 0.4) is 0 Å². The number of aromatic nitrogens is 2. The number of amides is 2. The number of benzene rings is 1. The summed E-state index contributed by atoms with van der Waals surface area (Å²) >= 11 is 0. The number of rotatable bonds is 5. The highest BCUT2D eigenvalue weighted by atomic mass is 16.2. The summed E-state index contributed by atoms with van der Waals surface area (Å²) in [6.45, 7) is 8.26. The van der Waals surface area contributed by atoms with Gasteiger partial charge < -0.3 is 10.6 Å². The van der Waals surface area contributed by atoms with Gasteiger partial charge in [-0.1, -0.05) is 24.3 Å². The van der Waals surface area contributed by atoms with Crippen LogP contribution in [0.1, 0.15) is 47.3 Å². The first kappa shape index (κ1) is 17.5. The fraction of sp³-hybridized carbons (Fsp3) is 0.500. The van der Waals surface area contributed by atoms with Crippen LogP contribution in [-0.4, -0.2) is 27.9 Å². The fourth-order valence-electron chi connectivity index (χ4n) is 3.61. The van der Waals surface area contributed by atoms with E-state index in [2.05, 4.69) is 53.8 Å². The number of nitrogens with one attached hydrogen (secondary N) is 2. The minimum absolute atomic E-state index is 0.0669. The van der Waals surface area contributed by atoms with Crippen molar-refractivity contribution in [3.63, 3.8) is 0 Å². The maximum absolute atomic E-state index is 12.3. The molecular weight excluding hydrogens is 312 g/mol. The Labute approximate surface area is 149 Å². The topological polar surface area (TPSA) is 59.0 Å². The van der Waals surface area contributed by atoms with E-state index in [-0.39, 0.29) is 18.1 Å². The first-order chi connectivity index (χ1) is 11.9. The normalized spacial score (nSPS) is 20.2. The Morgan fingerprint density at radius 1 is 1.32 bits per heavy atom. The van der Waals surface area contributed by atoms with E-state index in [0.29, 0.717) is 5.92 Å². The van der Waals surface area contributed by atoms with Gasteiger partial charge in [-0.2, -0.15) is 5.10 Å². The van der Waals surface area contributed by atoms with Gasteiger partial charge in [0, 0.05) is 30.7 Å². The molecule has 5 heteroatoms. The van der Waals surface area contributed by atoms with E-state index in [9.17, 15) is 4.79 Å². The SMILES string of the molecule is Cc1ccccc1[C@@H]1C[C@H]1NC(=O)N[C@@H](C)Cc1c(C)nn(C)c1C. The zero-order chi connectivity index (χ0) is 18.1. The summed E-state index contributed by atoms with van der Waals surface area (Å²) in [5.74, 6) is 0.449. The molecule has 1 aromatic heterocycles. The van der Waals surface area contributed by atoms with Gasteiger partial charge in [-0.15, -0.1) is 0 Å². The second kappa shape index (κ2) is 6.90. The van der Waals surface area contributed by atoms with Crippen molar-refractivity contribution < 1.29 is 4.79 Å². The lowest BCUT2D eigenvalue weighted by Crippen LogP contribution is -2.43. The molecular formula is C20H28N4O. The van der Waals surface area contributed by atoms with Crippen molar-refractivity contribution in [1.29, 1.82) is 0 Å². The van der Waals surface area contributed by atoms with Crippen LogP contribution < -0.4 is 10.6 Å². The first-order valence-electron chi connectivity index (χ1n) is 8.98. The van der Waals surface area contributed by atoms with Gasteiger partial charge >= 0.3 is 6.03 Å². The summed E-state index contributed by atoms with van der Waals surface area (Å²) in [5, 5.41) is 10.6. The predicted molar refractivity (Wildman–Crippen MR) is 99.8 cm³/mol. The van der Waals surface area contributed by atoms with Crippen LogP contribution in [0, 0.1) is 20.8 Å². The van der Waals surface area contributed by atoms with Crippen LogP contribution in [0.15, 0.2) is 24.3 Å². The molecule has 0 bridgehead atoms. The van der Waals surface area contributed by atoms with Crippen LogP contribution in [-0.2, 0) is 13.5 Å². The van der Waals surface area contributed by atoms with Gasteiger partial charge in [-0.25, -0.2) is 4.79 Å². The van der Waals surface area contributed by atoms with Gasteiger partial charge in [0.2, 0.25) is 0 Å². The van der Waals surface area contributed by atoms with Gasteiger partial charge in [0.15, 0.2) is 0 Å². The molecule has 5 nitrogen and oxygen atoms in total. The monoisotopic (exact) mass is 340 g/mol. The quantitative estimate of drug-likeness (QED) is 0.878. The zero-order valence-corrected chi connectivity index (χ0v) is 15.8. The maximum Gasteiger partial charge on any atom is 0.315 e. The summed E-state index contributed by atoms with van der Waals surface area (Å²) in [6.07, 6.45) is 1.82. The number of carbonyl (C=O) groups is 1. The van der Waals surface area contributed by atoms with Crippen molar-refractivity contribution >= 4 is 6.03 Å². The third kappa shape index (κ3) is 3.86. The van der Waals surface area contributed by atoms with Crippen LogP contribution in [0.5, 0.6) is 0 Å². The molecule has 1 fully saturated rings. The lowest BCUT2D eigenvalue weighted by atomic mass is 10.0. The number of nitrogens with zero attached hydrogens (tertiary/aromatic N) is 2. The lowest BCUT2D eigenvalue weighted by Gasteiger charge is -2.15. The van der Waals surface area contributed by atoms with E-state index in [1.54, 1.807) is 0 Å². The van der Waals surface area contributed by atoms with Crippen LogP contribution in [0.25, 0.3) is 0 Å². The van der Waals surface area contributed by atoms with Gasteiger partial charge in [0.05, 0.1) is 5.69 Å². The molecule has 25 heavy (non-hydrogen) atoms. The number of urea groups is 1. The maximum atomic E-state index is 12.3. The molecule has 1 aliphatic carbocycles. The summed E-state index contributed by atoms with van der Waals surface area (Å²) in [5.41, 5.74) is 6.07. The van der Waals surface area contributed by atoms with E-state index in [4.69, 9.17) is 0 Å². The summed E-state index contributed by atoms with van der Waals surface area (Å²) in [4.78, 5) is 12.3. The first-order valence-corrected chi connectivity index (χ1v) is 8.98. The average Bonchev–Trinajstić information content (AvgIpc) is 3.25. The second-order valence-corrected chi connectivity index (χ2v) is 7.30. The molecule has 1 aliphatic rings. The zero-order valence-electron chi connectivity index (χ0n) is 15.8. The van der Waals surface area contributed by atoms with Crippen LogP contribution in [0.2, 0.25) is 0 Å². The third-order valence-electron chi connectivity index (χ3n) is 5.24. The minimum atomic E-state index is -0.0761. The van der Waals surface area contributed by atoms with Crippen molar-refractivity contribution in [2.45, 2.75) is 58.5 Å². The van der Waals surface area contributed by atoms with Crippen LogP contribution in [0.4, 0.5) is 4.79 Å². The average molecular weight is 340 g/mol. The van der Waals surface area contributed by atoms with Crippen molar-refractivity contribution in [3.05, 3.63) is 52.3 Å². The molecule has 3 rings (SSSR count). The predicted octanol–water partition coefficient (Wildman–Crippen LogP) is 3.13. The Bertz CT molecular complexity index is 780. The van der Waals surface area contributed by atoms with Gasteiger partial charge in [-0.3, -0.25) is 4.68 Å². The number of carbonyl (C=O) groups excluding carboxylic acids is 1. The highest BCUT2D eigenvalue weighted by Crippen LogP contribution is 2.42. The van der Waals surface area contributed by atoms with Crippen molar-refractivity contribution in [1.82, 2.24) is 20.4 Å². The Kier molecular flexibility index (Phi) is 4.84. The van der Waals surface area contributed by atoms with Crippen molar-refractivity contribution in [3.8, 4) is 0 Å². The lowest BCUT2D eigenvalue weighted by molar-refractivity contribution is 0.237. The summed E-state index contributed by atoms with van der Waals surface area (Å²) < 4.78 is 1.90. The van der Waals surface area contributed by atoms with E-state index in [0.717, 1.165) is 24.2 Å². The van der Waals surface area contributed by atoms with Crippen molar-refractivity contribution in [2.75, 3.05) is 0 Å². The van der Waals surface area contributed by atoms with E-state index in [1.165, 1.54) is 16.7 Å². The molecule has 1 saturated carbocycles. The molecule has 0 saturated heterocycles. The van der Waals surface area contributed by atoms with E-state index < -0.39 is 0 Å². The molecule has 0 unspecified atom stereocenters. The molecule has 0 aliphatic heterocycles. The van der Waals surface area contributed by atoms with Crippen molar-refractivity contribution in [2.24, 2.45) is 7.05 Å². The molecule has 2 aromatic rings. The number of hydrogen-bond acceptors (Lipinski definition) is 2. The Balaban J connectivity index is 1.51. The highest BCUT2D eigenvalue weighted by Gasteiger charge is 2.40. The molecule has 1 heterocycles. The minimum Gasteiger partial charge on any atom is -0.335 e. The van der Waals surface area contributed by atoms with Gasteiger partial charge in [0.25, 0.3) is 0 Å². The Morgan fingerprint density at radius 3 is 2.68 bits per heavy atom. The fourth-order valence-corrected chi connectivity index (χ4v) is 3.61. The Morgan fingerprint density at radius 2 is 2.04 bits per heavy atom. The summed E-state index contributed by atoms with van der Waals surface area (Å²) in [7, 11) is 1.95. The molecule has 134 valence electrons. The van der Waals surface area contributed by atoms with Gasteiger partial charge in [0.1, 0.15) is 0 Å². The van der Waals surface area contributed by atoms with Crippen LogP contribution >= 0.6 is 0 Å². The second-order valence-electron chi connectivity index (χ2n) is 7.30. The van der Waals surface area contributed by atoms with E-state index in [1.807, 2.05) is 25.6 Å². The smallest absolute Gasteiger partial charge is 0.315 e. The highest BCUT2D eigenvalue weighted by molar-refractivity contribution is 5.75. The molecule has 2 amide bonds. The third-order valence-corrected chi connectivity index (χ3v) is 5.24. The molecule has 2 N–H and O–H groups in total. The van der Waals surface area contributed by atoms with Gasteiger partial charge in [-0.05, 0) is 57.2 Å². The largest absolute Gasteiger partial charge is 0.335 e. The van der Waals surface area contributed by atoms with E-state index >= 15 is 0 Å². The molecule has 3 atom stereocenters. The molecule has 0 spiro atoms. The Hall–Kier alpha value is -2.30. The number of aryl methyl sites for hydroxylation is 3.